The summed E-state index contributed by atoms with van der Waals surface area (Å²) in [4.78, 5) is 11.2. The number of carbonyl (C=O) groups excluding carboxylic acids is 1. The van der Waals surface area contributed by atoms with Crippen LogP contribution in [0.1, 0.15) is 19.6 Å². The lowest BCUT2D eigenvalue weighted by Gasteiger charge is -2.10. The predicted octanol–water partition coefficient (Wildman–Crippen LogP) is 2.90. The Kier molecular flexibility index (Phi) is 2.91. The molecule has 0 aliphatic rings. The van der Waals surface area contributed by atoms with Crippen molar-refractivity contribution in [3.05, 3.63) is 22.6 Å². The standard InChI is InChI=1S/C9H10BrFO2/c1-9(2,11)7(12)5-6-3-4-8(10)13-6/h3-4H,5H2,1-2H3. The number of ketones is 1. The van der Waals surface area contributed by atoms with Crippen molar-refractivity contribution in [2.75, 3.05) is 0 Å². The number of Topliss-reactive ketones (excluding diaryl/α,β-unsaturated/α-hetero) is 1. The molecule has 13 heavy (non-hydrogen) atoms. The van der Waals surface area contributed by atoms with Crippen molar-refractivity contribution in [3.63, 3.8) is 0 Å². The molecule has 0 spiro atoms. The van der Waals surface area contributed by atoms with E-state index in [0.29, 0.717) is 10.4 Å². The predicted molar refractivity (Wildman–Crippen MR) is 50.3 cm³/mol. The zero-order valence-electron chi connectivity index (χ0n) is 7.43. The monoisotopic (exact) mass is 248 g/mol. The van der Waals surface area contributed by atoms with E-state index < -0.39 is 11.5 Å². The molecule has 1 aromatic heterocycles. The Balaban J connectivity index is 2.65. The van der Waals surface area contributed by atoms with E-state index in [4.69, 9.17) is 4.42 Å². The second-order valence-corrected chi connectivity index (χ2v) is 4.06. The van der Waals surface area contributed by atoms with Crippen molar-refractivity contribution in [3.8, 4) is 0 Å². The summed E-state index contributed by atoms with van der Waals surface area (Å²) in [7, 11) is 0. The lowest BCUT2D eigenvalue weighted by Crippen LogP contribution is -2.27. The first-order valence-corrected chi connectivity index (χ1v) is 4.65. The summed E-state index contributed by atoms with van der Waals surface area (Å²) in [5.41, 5.74) is -1.79. The van der Waals surface area contributed by atoms with E-state index in [1.54, 1.807) is 12.1 Å². The molecule has 2 nitrogen and oxygen atoms in total. The molecule has 0 unspecified atom stereocenters. The van der Waals surface area contributed by atoms with Gasteiger partial charge in [0.2, 0.25) is 0 Å². The maximum absolute atomic E-state index is 13.1. The van der Waals surface area contributed by atoms with Crippen LogP contribution >= 0.6 is 15.9 Å². The minimum atomic E-state index is -1.79. The summed E-state index contributed by atoms with van der Waals surface area (Å²) in [6, 6.07) is 3.32. The lowest BCUT2D eigenvalue weighted by molar-refractivity contribution is -0.128. The van der Waals surface area contributed by atoms with Crippen molar-refractivity contribution < 1.29 is 13.6 Å². The van der Waals surface area contributed by atoms with Crippen LogP contribution < -0.4 is 0 Å². The van der Waals surface area contributed by atoms with Crippen molar-refractivity contribution in [2.45, 2.75) is 25.9 Å². The molecule has 0 aliphatic carbocycles. The van der Waals surface area contributed by atoms with E-state index >= 15 is 0 Å². The van der Waals surface area contributed by atoms with Crippen LogP contribution in [0.4, 0.5) is 4.39 Å². The van der Waals surface area contributed by atoms with E-state index in [1.165, 1.54) is 13.8 Å². The molecular formula is C9H10BrFO2. The van der Waals surface area contributed by atoms with Gasteiger partial charge in [0.25, 0.3) is 0 Å². The minimum absolute atomic E-state index is 0.00486. The largest absolute Gasteiger partial charge is 0.454 e. The van der Waals surface area contributed by atoms with Gasteiger partial charge in [0.05, 0.1) is 6.42 Å². The fraction of sp³-hybridized carbons (Fsp3) is 0.444. The van der Waals surface area contributed by atoms with Crippen LogP contribution in [0.3, 0.4) is 0 Å². The average molecular weight is 249 g/mol. The van der Waals surface area contributed by atoms with E-state index in [9.17, 15) is 9.18 Å². The second kappa shape index (κ2) is 3.62. The molecule has 0 saturated heterocycles. The van der Waals surface area contributed by atoms with Gasteiger partial charge in [0.15, 0.2) is 16.1 Å². The molecule has 0 atom stereocenters. The zero-order chi connectivity index (χ0) is 10.1. The minimum Gasteiger partial charge on any atom is -0.454 e. The molecule has 0 aromatic carbocycles. The number of alkyl halides is 1. The molecule has 0 radical (unpaired) electrons. The summed E-state index contributed by atoms with van der Waals surface area (Å²) in [6.07, 6.45) is -0.00486. The molecule has 1 aromatic rings. The van der Waals surface area contributed by atoms with Crippen LogP contribution in [-0.4, -0.2) is 11.5 Å². The maximum Gasteiger partial charge on any atom is 0.176 e. The van der Waals surface area contributed by atoms with Gasteiger partial charge in [0, 0.05) is 0 Å². The Bertz CT molecular complexity index is 312. The first-order chi connectivity index (χ1) is 5.89. The highest BCUT2D eigenvalue weighted by atomic mass is 79.9. The topological polar surface area (TPSA) is 30.2 Å². The van der Waals surface area contributed by atoms with E-state index in [1.807, 2.05) is 0 Å². The number of furan rings is 1. The van der Waals surface area contributed by atoms with Gasteiger partial charge in [-0.25, -0.2) is 4.39 Å². The van der Waals surface area contributed by atoms with Gasteiger partial charge in [-0.1, -0.05) is 0 Å². The molecule has 0 aliphatic heterocycles. The first-order valence-electron chi connectivity index (χ1n) is 3.86. The highest BCUT2D eigenvalue weighted by molar-refractivity contribution is 9.10. The highest BCUT2D eigenvalue weighted by Crippen LogP contribution is 2.18. The summed E-state index contributed by atoms with van der Waals surface area (Å²) >= 11 is 3.10. The third-order valence-corrected chi connectivity index (χ3v) is 2.05. The number of hydrogen-bond donors (Lipinski definition) is 0. The van der Waals surface area contributed by atoms with Crippen molar-refractivity contribution in [1.82, 2.24) is 0 Å². The third kappa shape index (κ3) is 2.95. The average Bonchev–Trinajstić information content (AvgIpc) is 2.33. The van der Waals surface area contributed by atoms with Crippen LogP contribution in [0.5, 0.6) is 0 Å². The molecule has 1 rings (SSSR count). The number of rotatable bonds is 3. The molecule has 0 N–H and O–H groups in total. The summed E-state index contributed by atoms with van der Waals surface area (Å²) in [5.74, 6) is -0.00282. The Hall–Kier alpha value is -0.640. The van der Waals surface area contributed by atoms with Gasteiger partial charge in [-0.05, 0) is 41.9 Å². The van der Waals surface area contributed by atoms with Gasteiger partial charge >= 0.3 is 0 Å². The highest BCUT2D eigenvalue weighted by Gasteiger charge is 2.27. The number of halogens is 2. The Morgan fingerprint density at radius 3 is 2.62 bits per heavy atom. The van der Waals surface area contributed by atoms with Crippen LogP contribution in [0.15, 0.2) is 21.2 Å². The molecule has 1 heterocycles. The lowest BCUT2D eigenvalue weighted by atomic mass is 10.0. The smallest absolute Gasteiger partial charge is 0.176 e. The molecule has 72 valence electrons. The summed E-state index contributed by atoms with van der Waals surface area (Å²) in [6.45, 7) is 2.49. The quantitative estimate of drug-likeness (QED) is 0.824. The third-order valence-electron chi connectivity index (χ3n) is 1.63. The van der Waals surface area contributed by atoms with Crippen LogP contribution in [-0.2, 0) is 11.2 Å². The molecule has 0 bridgehead atoms. The van der Waals surface area contributed by atoms with Gasteiger partial charge in [0.1, 0.15) is 5.76 Å². The van der Waals surface area contributed by atoms with Gasteiger partial charge < -0.3 is 4.42 Å². The van der Waals surface area contributed by atoms with Crippen LogP contribution in [0, 0.1) is 0 Å². The van der Waals surface area contributed by atoms with Gasteiger partial charge in [-0.3, -0.25) is 4.79 Å². The Morgan fingerprint density at radius 2 is 2.23 bits per heavy atom. The first kappa shape index (κ1) is 10.4. The molecule has 0 amide bonds. The maximum atomic E-state index is 13.1. The molecule has 0 fully saturated rings. The van der Waals surface area contributed by atoms with Crippen molar-refractivity contribution in [1.29, 1.82) is 0 Å². The zero-order valence-corrected chi connectivity index (χ0v) is 9.02. The second-order valence-electron chi connectivity index (χ2n) is 3.28. The van der Waals surface area contributed by atoms with E-state index in [-0.39, 0.29) is 6.42 Å². The fourth-order valence-corrected chi connectivity index (χ4v) is 1.16. The Morgan fingerprint density at radius 1 is 1.62 bits per heavy atom. The normalized spacial score (nSPS) is 11.7. The van der Waals surface area contributed by atoms with Gasteiger partial charge in [-0.2, -0.15) is 0 Å². The van der Waals surface area contributed by atoms with Crippen molar-refractivity contribution >= 4 is 21.7 Å². The number of hydrogen-bond acceptors (Lipinski definition) is 2. The fourth-order valence-electron chi connectivity index (χ4n) is 0.815. The molecule has 0 saturated carbocycles. The van der Waals surface area contributed by atoms with Gasteiger partial charge in [-0.15, -0.1) is 0 Å². The summed E-state index contributed by atoms with van der Waals surface area (Å²) in [5, 5.41) is 0. The Labute approximate surface area is 84.2 Å². The molecule has 4 heteroatoms. The number of carbonyl (C=O) groups is 1. The van der Waals surface area contributed by atoms with Crippen LogP contribution in [0.25, 0.3) is 0 Å². The van der Waals surface area contributed by atoms with Crippen molar-refractivity contribution in [2.24, 2.45) is 0 Å². The van der Waals surface area contributed by atoms with Crippen LogP contribution in [0.2, 0.25) is 0 Å². The SMILES string of the molecule is CC(C)(F)C(=O)Cc1ccc(Br)o1. The van der Waals surface area contributed by atoms with E-state index in [2.05, 4.69) is 15.9 Å². The van der Waals surface area contributed by atoms with E-state index in [0.717, 1.165) is 0 Å². The molecular weight excluding hydrogens is 239 g/mol. The summed E-state index contributed by atoms with van der Waals surface area (Å²) < 4.78 is 18.7.